The van der Waals surface area contributed by atoms with Gasteiger partial charge in [-0.2, -0.15) is 0 Å². The lowest BCUT2D eigenvalue weighted by Gasteiger charge is -2.18. The number of amides is 2. The first-order valence-electron chi connectivity index (χ1n) is 7.35. The molecule has 0 radical (unpaired) electrons. The summed E-state index contributed by atoms with van der Waals surface area (Å²) in [5, 5.41) is 5.95. The van der Waals surface area contributed by atoms with Crippen LogP contribution in [0.15, 0.2) is 18.2 Å². The van der Waals surface area contributed by atoms with Gasteiger partial charge in [0.1, 0.15) is 0 Å². The summed E-state index contributed by atoms with van der Waals surface area (Å²) in [7, 11) is 0. The highest BCUT2D eigenvalue weighted by atomic mass is 16.2. The number of carbonyl (C=O) groups is 2. The SMILES string of the molecule is CC1CCC(NC(=O)c2ccc3c(c2)CCC(=O)N3)C1. The minimum Gasteiger partial charge on any atom is -0.349 e. The summed E-state index contributed by atoms with van der Waals surface area (Å²) in [6.07, 6.45) is 4.56. The molecule has 2 aliphatic rings. The van der Waals surface area contributed by atoms with Crippen LogP contribution in [0.3, 0.4) is 0 Å². The molecule has 0 saturated heterocycles. The number of anilines is 1. The van der Waals surface area contributed by atoms with Crippen molar-refractivity contribution in [1.29, 1.82) is 0 Å². The van der Waals surface area contributed by atoms with E-state index >= 15 is 0 Å². The van der Waals surface area contributed by atoms with Gasteiger partial charge in [-0.3, -0.25) is 9.59 Å². The van der Waals surface area contributed by atoms with Crippen molar-refractivity contribution < 1.29 is 9.59 Å². The van der Waals surface area contributed by atoms with Gasteiger partial charge in [-0.1, -0.05) is 6.92 Å². The molecular formula is C16H20N2O2. The number of benzene rings is 1. The molecule has 0 spiro atoms. The summed E-state index contributed by atoms with van der Waals surface area (Å²) in [5.41, 5.74) is 2.59. The van der Waals surface area contributed by atoms with Crippen LogP contribution >= 0.6 is 0 Å². The Kier molecular flexibility index (Phi) is 3.47. The van der Waals surface area contributed by atoms with E-state index in [1.165, 1.54) is 6.42 Å². The summed E-state index contributed by atoms with van der Waals surface area (Å²) < 4.78 is 0. The Morgan fingerprint density at radius 3 is 2.90 bits per heavy atom. The number of rotatable bonds is 2. The van der Waals surface area contributed by atoms with Gasteiger partial charge in [-0.15, -0.1) is 0 Å². The van der Waals surface area contributed by atoms with E-state index in [0.717, 1.165) is 24.1 Å². The van der Waals surface area contributed by atoms with Crippen molar-refractivity contribution in [1.82, 2.24) is 5.32 Å². The van der Waals surface area contributed by atoms with Gasteiger partial charge in [0.25, 0.3) is 5.91 Å². The van der Waals surface area contributed by atoms with Crippen LogP contribution in [0, 0.1) is 5.92 Å². The number of fused-ring (bicyclic) bond motifs is 1. The van der Waals surface area contributed by atoms with E-state index in [9.17, 15) is 9.59 Å². The van der Waals surface area contributed by atoms with Crippen molar-refractivity contribution in [2.45, 2.75) is 45.1 Å². The Morgan fingerprint density at radius 1 is 1.30 bits per heavy atom. The van der Waals surface area contributed by atoms with E-state index in [1.807, 2.05) is 12.1 Å². The molecule has 106 valence electrons. The first-order valence-corrected chi connectivity index (χ1v) is 7.35. The van der Waals surface area contributed by atoms with Crippen LogP contribution in [0.2, 0.25) is 0 Å². The second-order valence-corrected chi connectivity index (χ2v) is 6.01. The zero-order valence-electron chi connectivity index (χ0n) is 11.7. The number of carbonyl (C=O) groups excluding carboxylic acids is 2. The quantitative estimate of drug-likeness (QED) is 0.869. The smallest absolute Gasteiger partial charge is 0.251 e. The van der Waals surface area contributed by atoms with E-state index in [-0.39, 0.29) is 11.8 Å². The summed E-state index contributed by atoms with van der Waals surface area (Å²) in [4.78, 5) is 23.6. The highest BCUT2D eigenvalue weighted by Crippen LogP contribution is 2.26. The molecule has 1 aliphatic carbocycles. The average Bonchev–Trinajstić information content (AvgIpc) is 2.83. The van der Waals surface area contributed by atoms with Gasteiger partial charge in [0.2, 0.25) is 5.91 Å². The van der Waals surface area contributed by atoms with Crippen molar-refractivity contribution >= 4 is 17.5 Å². The molecule has 1 fully saturated rings. The van der Waals surface area contributed by atoms with E-state index in [4.69, 9.17) is 0 Å². The number of nitrogens with one attached hydrogen (secondary N) is 2. The van der Waals surface area contributed by atoms with Gasteiger partial charge in [0, 0.05) is 23.7 Å². The molecule has 1 aliphatic heterocycles. The molecule has 0 aromatic heterocycles. The third-order valence-corrected chi connectivity index (χ3v) is 4.29. The second-order valence-electron chi connectivity index (χ2n) is 6.01. The van der Waals surface area contributed by atoms with Crippen molar-refractivity contribution in [2.75, 3.05) is 5.32 Å². The highest BCUT2D eigenvalue weighted by molar-refractivity contribution is 5.98. The summed E-state index contributed by atoms with van der Waals surface area (Å²) in [6, 6.07) is 5.84. The maximum absolute atomic E-state index is 12.3. The van der Waals surface area contributed by atoms with Crippen molar-refractivity contribution in [3.05, 3.63) is 29.3 Å². The first kappa shape index (κ1) is 13.2. The predicted octanol–water partition coefficient (Wildman–Crippen LogP) is 2.49. The van der Waals surface area contributed by atoms with Gasteiger partial charge in [0.05, 0.1) is 0 Å². The lowest BCUT2D eigenvalue weighted by Crippen LogP contribution is -2.33. The summed E-state index contributed by atoms with van der Waals surface area (Å²) in [5.74, 6) is 0.762. The van der Waals surface area contributed by atoms with Crippen LogP contribution in [0.4, 0.5) is 5.69 Å². The molecule has 1 saturated carbocycles. The van der Waals surface area contributed by atoms with Crippen LogP contribution < -0.4 is 10.6 Å². The molecular weight excluding hydrogens is 252 g/mol. The largest absolute Gasteiger partial charge is 0.349 e. The average molecular weight is 272 g/mol. The Balaban J connectivity index is 1.71. The molecule has 3 rings (SSSR count). The molecule has 1 heterocycles. The molecule has 2 unspecified atom stereocenters. The van der Waals surface area contributed by atoms with Crippen molar-refractivity contribution in [3.63, 3.8) is 0 Å². The fourth-order valence-electron chi connectivity index (χ4n) is 3.13. The fraction of sp³-hybridized carbons (Fsp3) is 0.500. The molecule has 2 N–H and O–H groups in total. The number of hydrogen-bond acceptors (Lipinski definition) is 2. The Morgan fingerprint density at radius 2 is 2.15 bits per heavy atom. The molecule has 4 heteroatoms. The third-order valence-electron chi connectivity index (χ3n) is 4.29. The molecule has 4 nitrogen and oxygen atoms in total. The maximum Gasteiger partial charge on any atom is 0.251 e. The Hall–Kier alpha value is -1.84. The van der Waals surface area contributed by atoms with Crippen LogP contribution in [-0.2, 0) is 11.2 Å². The third kappa shape index (κ3) is 2.69. The zero-order chi connectivity index (χ0) is 14.1. The zero-order valence-corrected chi connectivity index (χ0v) is 11.7. The minimum atomic E-state index is 0.00352. The second kappa shape index (κ2) is 5.27. The van der Waals surface area contributed by atoms with Gasteiger partial charge in [-0.25, -0.2) is 0 Å². The summed E-state index contributed by atoms with van der Waals surface area (Å²) in [6.45, 7) is 2.23. The van der Waals surface area contributed by atoms with Crippen LogP contribution in [0.1, 0.15) is 48.5 Å². The van der Waals surface area contributed by atoms with Gasteiger partial charge < -0.3 is 10.6 Å². The van der Waals surface area contributed by atoms with Gasteiger partial charge in [0.15, 0.2) is 0 Å². The molecule has 2 atom stereocenters. The number of aryl methyl sites for hydroxylation is 1. The van der Waals surface area contributed by atoms with E-state index < -0.39 is 0 Å². The van der Waals surface area contributed by atoms with Gasteiger partial charge in [-0.05, 0) is 55.4 Å². The predicted molar refractivity (Wildman–Crippen MR) is 77.7 cm³/mol. The lowest BCUT2D eigenvalue weighted by atomic mass is 10.00. The Bertz CT molecular complexity index is 553. The summed E-state index contributed by atoms with van der Waals surface area (Å²) >= 11 is 0. The van der Waals surface area contributed by atoms with Gasteiger partial charge >= 0.3 is 0 Å². The standard InChI is InChI=1S/C16H20N2O2/c1-10-2-5-13(8-10)17-16(20)12-3-6-14-11(9-12)4-7-15(19)18-14/h3,6,9-10,13H,2,4-5,7-8H2,1H3,(H,17,20)(H,18,19). The first-order chi connectivity index (χ1) is 9.61. The Labute approximate surface area is 118 Å². The fourth-order valence-corrected chi connectivity index (χ4v) is 3.13. The maximum atomic E-state index is 12.3. The topological polar surface area (TPSA) is 58.2 Å². The van der Waals surface area contributed by atoms with E-state index in [2.05, 4.69) is 17.6 Å². The normalized spacial score (nSPS) is 24.9. The van der Waals surface area contributed by atoms with E-state index in [1.54, 1.807) is 6.07 Å². The molecule has 0 bridgehead atoms. The van der Waals surface area contributed by atoms with E-state index in [0.29, 0.717) is 30.4 Å². The van der Waals surface area contributed by atoms with Crippen LogP contribution in [0.5, 0.6) is 0 Å². The monoisotopic (exact) mass is 272 g/mol. The van der Waals surface area contributed by atoms with Crippen LogP contribution in [0.25, 0.3) is 0 Å². The highest BCUT2D eigenvalue weighted by Gasteiger charge is 2.23. The number of hydrogen-bond donors (Lipinski definition) is 2. The minimum absolute atomic E-state index is 0.00352. The molecule has 20 heavy (non-hydrogen) atoms. The van der Waals surface area contributed by atoms with Crippen molar-refractivity contribution in [2.24, 2.45) is 5.92 Å². The van der Waals surface area contributed by atoms with Crippen molar-refractivity contribution in [3.8, 4) is 0 Å². The lowest BCUT2D eigenvalue weighted by molar-refractivity contribution is -0.116. The van der Waals surface area contributed by atoms with Crippen LogP contribution in [-0.4, -0.2) is 17.9 Å². The molecule has 2 amide bonds. The molecule has 1 aromatic rings. The molecule has 1 aromatic carbocycles.